The van der Waals surface area contributed by atoms with Crippen molar-refractivity contribution in [3.8, 4) is 11.1 Å². The van der Waals surface area contributed by atoms with Gasteiger partial charge in [-0.1, -0.05) is 55.5 Å². The van der Waals surface area contributed by atoms with Crippen molar-refractivity contribution in [2.75, 3.05) is 0 Å². The molecular weight excluding hydrogens is 232 g/mol. The van der Waals surface area contributed by atoms with Crippen LogP contribution < -0.4 is 5.19 Å². The fourth-order valence-corrected chi connectivity index (χ4v) is 3.49. The lowest BCUT2D eigenvalue weighted by Gasteiger charge is -2.08. The summed E-state index contributed by atoms with van der Waals surface area (Å²) in [5.74, 6) is 0. The van der Waals surface area contributed by atoms with Gasteiger partial charge in [0, 0.05) is 0 Å². The Hall–Kier alpha value is -1.05. The van der Waals surface area contributed by atoms with Crippen LogP contribution in [0.2, 0.25) is 0 Å². The molecular formula is C14H15ClSi. The quantitative estimate of drug-likeness (QED) is 0.577. The Morgan fingerprint density at radius 3 is 2.38 bits per heavy atom. The second-order valence-electron chi connectivity index (χ2n) is 3.84. The first-order valence-electron chi connectivity index (χ1n) is 5.58. The molecule has 0 heterocycles. The van der Waals surface area contributed by atoms with Crippen molar-refractivity contribution in [3.63, 3.8) is 0 Å². The number of benzene rings is 2. The van der Waals surface area contributed by atoms with Crippen LogP contribution in [0.15, 0.2) is 48.5 Å². The van der Waals surface area contributed by atoms with Gasteiger partial charge in [0.25, 0.3) is 0 Å². The Bertz CT molecular complexity index is 465. The average Bonchev–Trinajstić information content (AvgIpc) is 2.39. The van der Waals surface area contributed by atoms with Gasteiger partial charge in [-0.15, -0.1) is 0 Å². The van der Waals surface area contributed by atoms with Crippen molar-refractivity contribution in [1.82, 2.24) is 0 Å². The molecule has 0 fully saturated rings. The second kappa shape index (κ2) is 5.33. The highest BCUT2D eigenvalue weighted by Gasteiger charge is 2.03. The summed E-state index contributed by atoms with van der Waals surface area (Å²) in [6.45, 7) is 2.18. The molecule has 0 aromatic heterocycles. The molecule has 2 heteroatoms. The molecule has 82 valence electrons. The lowest BCUT2D eigenvalue weighted by molar-refractivity contribution is 1.15. The summed E-state index contributed by atoms with van der Waals surface area (Å²) in [5.41, 5.74) is 3.95. The molecule has 0 unspecified atom stereocenters. The molecule has 0 aliphatic rings. The van der Waals surface area contributed by atoms with Crippen LogP contribution >= 0.6 is 11.1 Å². The van der Waals surface area contributed by atoms with Crippen molar-refractivity contribution < 1.29 is 0 Å². The van der Waals surface area contributed by atoms with E-state index in [0.29, 0.717) is 0 Å². The zero-order valence-electron chi connectivity index (χ0n) is 9.41. The number of hydrogen-bond acceptors (Lipinski definition) is 0. The van der Waals surface area contributed by atoms with E-state index < -0.39 is 8.83 Å². The summed E-state index contributed by atoms with van der Waals surface area (Å²) >= 11 is 6.11. The van der Waals surface area contributed by atoms with Crippen LogP contribution in [-0.4, -0.2) is 8.83 Å². The summed E-state index contributed by atoms with van der Waals surface area (Å²) in [6.07, 6.45) is 1.07. The fraction of sp³-hybridized carbons (Fsp3) is 0.143. The van der Waals surface area contributed by atoms with Crippen molar-refractivity contribution >= 4 is 25.1 Å². The van der Waals surface area contributed by atoms with Gasteiger partial charge >= 0.3 is 0 Å². The topological polar surface area (TPSA) is 0 Å². The monoisotopic (exact) mass is 246 g/mol. The van der Waals surface area contributed by atoms with Crippen LogP contribution in [0.5, 0.6) is 0 Å². The van der Waals surface area contributed by atoms with Gasteiger partial charge < -0.3 is 0 Å². The second-order valence-corrected chi connectivity index (χ2v) is 5.67. The third kappa shape index (κ3) is 2.37. The summed E-state index contributed by atoms with van der Waals surface area (Å²) in [5, 5.41) is 1.38. The highest BCUT2D eigenvalue weighted by molar-refractivity contribution is 7.01. The molecule has 0 N–H and O–H groups in total. The van der Waals surface area contributed by atoms with E-state index in [4.69, 9.17) is 11.1 Å². The molecule has 0 amide bonds. The smallest absolute Gasteiger partial charge is 0.156 e. The van der Waals surface area contributed by atoms with Gasteiger partial charge in [0.2, 0.25) is 0 Å². The van der Waals surface area contributed by atoms with Crippen LogP contribution in [0.4, 0.5) is 0 Å². The molecule has 0 aliphatic carbocycles. The Balaban J connectivity index is 2.44. The van der Waals surface area contributed by atoms with Gasteiger partial charge in [-0.25, -0.2) is 0 Å². The lowest BCUT2D eigenvalue weighted by Crippen LogP contribution is -2.14. The van der Waals surface area contributed by atoms with E-state index in [1.807, 2.05) is 6.07 Å². The van der Waals surface area contributed by atoms with Crippen molar-refractivity contribution in [2.45, 2.75) is 13.3 Å². The highest BCUT2D eigenvalue weighted by atomic mass is 35.6. The zero-order valence-corrected chi connectivity index (χ0v) is 11.6. The first kappa shape index (κ1) is 11.4. The SMILES string of the molecule is CCc1ccc(-c2ccccc2)cc1[SiH2]Cl. The maximum atomic E-state index is 6.11. The van der Waals surface area contributed by atoms with Crippen LogP contribution in [0, 0.1) is 0 Å². The van der Waals surface area contributed by atoms with E-state index in [1.54, 1.807) is 0 Å². The van der Waals surface area contributed by atoms with Gasteiger partial charge in [-0.05, 0) is 28.3 Å². The highest BCUT2D eigenvalue weighted by Crippen LogP contribution is 2.18. The van der Waals surface area contributed by atoms with Crippen LogP contribution in [0.1, 0.15) is 12.5 Å². The zero-order chi connectivity index (χ0) is 11.4. The standard InChI is InChI=1S/C14H15ClSi/c1-2-11-8-9-13(10-14(11)16-15)12-6-4-3-5-7-12/h3-10H,2,16H2,1H3. The van der Waals surface area contributed by atoms with Crippen molar-refractivity contribution in [2.24, 2.45) is 0 Å². The number of aryl methyl sites for hydroxylation is 1. The molecule has 0 saturated heterocycles. The molecule has 0 radical (unpaired) electrons. The van der Waals surface area contributed by atoms with Gasteiger partial charge in [-0.3, -0.25) is 0 Å². The van der Waals surface area contributed by atoms with Gasteiger partial charge in [-0.2, -0.15) is 11.1 Å². The van der Waals surface area contributed by atoms with E-state index in [0.717, 1.165) is 6.42 Å². The molecule has 16 heavy (non-hydrogen) atoms. The average molecular weight is 247 g/mol. The fourth-order valence-electron chi connectivity index (χ4n) is 1.91. The maximum absolute atomic E-state index is 6.11. The number of rotatable bonds is 3. The minimum atomic E-state index is -0.603. The minimum absolute atomic E-state index is 0.603. The molecule has 0 nitrogen and oxygen atoms in total. The lowest BCUT2D eigenvalue weighted by atomic mass is 10.0. The Morgan fingerprint density at radius 1 is 1.00 bits per heavy atom. The van der Waals surface area contributed by atoms with Crippen molar-refractivity contribution in [1.29, 1.82) is 0 Å². The molecule has 0 bridgehead atoms. The van der Waals surface area contributed by atoms with Gasteiger partial charge in [0.15, 0.2) is 8.83 Å². The largest absolute Gasteiger partial charge is 0.170 e. The number of hydrogen-bond donors (Lipinski definition) is 0. The third-order valence-electron chi connectivity index (χ3n) is 2.84. The summed E-state index contributed by atoms with van der Waals surface area (Å²) in [7, 11) is -0.603. The van der Waals surface area contributed by atoms with E-state index in [2.05, 4.69) is 49.4 Å². The molecule has 2 aromatic rings. The predicted molar refractivity (Wildman–Crippen MR) is 75.3 cm³/mol. The Labute approximate surface area is 104 Å². The third-order valence-corrected chi connectivity index (χ3v) is 4.65. The van der Waals surface area contributed by atoms with E-state index in [-0.39, 0.29) is 0 Å². The summed E-state index contributed by atoms with van der Waals surface area (Å²) < 4.78 is 0. The molecule has 2 rings (SSSR count). The Morgan fingerprint density at radius 2 is 1.75 bits per heavy atom. The van der Waals surface area contributed by atoms with Crippen LogP contribution in [0.3, 0.4) is 0 Å². The summed E-state index contributed by atoms with van der Waals surface area (Å²) in [4.78, 5) is 0. The van der Waals surface area contributed by atoms with E-state index in [1.165, 1.54) is 21.9 Å². The summed E-state index contributed by atoms with van der Waals surface area (Å²) in [6, 6.07) is 17.1. The van der Waals surface area contributed by atoms with Crippen LogP contribution in [0.25, 0.3) is 11.1 Å². The van der Waals surface area contributed by atoms with Crippen LogP contribution in [-0.2, 0) is 6.42 Å². The van der Waals surface area contributed by atoms with Crippen molar-refractivity contribution in [3.05, 3.63) is 54.1 Å². The van der Waals surface area contributed by atoms with Gasteiger partial charge in [0.1, 0.15) is 0 Å². The first-order chi connectivity index (χ1) is 7.85. The Kier molecular flexibility index (Phi) is 3.81. The normalized spacial score (nSPS) is 11.1. The molecule has 0 spiro atoms. The first-order valence-corrected chi connectivity index (χ1v) is 8.43. The van der Waals surface area contributed by atoms with E-state index >= 15 is 0 Å². The van der Waals surface area contributed by atoms with E-state index in [9.17, 15) is 0 Å². The molecule has 0 saturated carbocycles. The maximum Gasteiger partial charge on any atom is 0.156 e. The minimum Gasteiger partial charge on any atom is -0.170 e. The predicted octanol–water partition coefficient (Wildman–Crippen LogP) is 2.86. The molecule has 0 atom stereocenters. The molecule has 0 aliphatic heterocycles. The molecule has 2 aromatic carbocycles. The van der Waals surface area contributed by atoms with Gasteiger partial charge in [0.05, 0.1) is 0 Å². The number of halogens is 1.